The van der Waals surface area contributed by atoms with Crippen LogP contribution < -0.4 is 9.64 Å². The number of para-hydroxylation sites is 1. The number of aliphatic hydroxyl groups excluding tert-OH is 1. The van der Waals surface area contributed by atoms with Crippen molar-refractivity contribution < 1.29 is 19.4 Å². The summed E-state index contributed by atoms with van der Waals surface area (Å²) in [6.45, 7) is 3.88. The van der Waals surface area contributed by atoms with E-state index in [1.54, 1.807) is 25.4 Å². The number of ketones is 1. The molecule has 170 valence electrons. The van der Waals surface area contributed by atoms with Gasteiger partial charge < -0.3 is 14.8 Å². The number of benzene rings is 3. The Morgan fingerprint density at radius 1 is 1.00 bits per heavy atom. The highest BCUT2D eigenvalue weighted by molar-refractivity contribution is 6.52. The summed E-state index contributed by atoms with van der Waals surface area (Å²) in [5, 5.41) is 12.2. The van der Waals surface area contributed by atoms with E-state index in [-0.39, 0.29) is 11.3 Å². The van der Waals surface area contributed by atoms with E-state index in [0.717, 1.165) is 22.0 Å². The number of nitrogens with one attached hydrogen (secondary N) is 1. The molecule has 1 aliphatic rings. The van der Waals surface area contributed by atoms with Gasteiger partial charge in [-0.2, -0.15) is 0 Å². The quantitative estimate of drug-likeness (QED) is 0.246. The van der Waals surface area contributed by atoms with Gasteiger partial charge in [0.25, 0.3) is 11.7 Å². The maximum absolute atomic E-state index is 13.4. The van der Waals surface area contributed by atoms with Crippen molar-refractivity contribution in [3.63, 3.8) is 0 Å². The number of aromatic amines is 1. The molecule has 0 aliphatic carbocycles. The van der Waals surface area contributed by atoms with Crippen molar-refractivity contribution in [1.29, 1.82) is 0 Å². The fraction of sp³-hybridized carbons (Fsp3) is 0.143. The van der Waals surface area contributed by atoms with E-state index in [1.165, 1.54) is 4.90 Å². The summed E-state index contributed by atoms with van der Waals surface area (Å²) >= 11 is 0. The van der Waals surface area contributed by atoms with Crippen LogP contribution in [0.25, 0.3) is 16.7 Å². The van der Waals surface area contributed by atoms with Gasteiger partial charge in [0, 0.05) is 28.4 Å². The molecule has 6 nitrogen and oxygen atoms in total. The van der Waals surface area contributed by atoms with Crippen LogP contribution in [0.4, 0.5) is 5.69 Å². The van der Waals surface area contributed by atoms with Crippen molar-refractivity contribution in [2.75, 3.05) is 12.0 Å². The van der Waals surface area contributed by atoms with Gasteiger partial charge in [-0.1, -0.05) is 48.0 Å². The second-order valence-corrected chi connectivity index (χ2v) is 8.48. The smallest absolute Gasteiger partial charge is 0.300 e. The van der Waals surface area contributed by atoms with Crippen LogP contribution in [0, 0.1) is 13.8 Å². The van der Waals surface area contributed by atoms with Crippen molar-refractivity contribution in [1.82, 2.24) is 4.98 Å². The predicted molar refractivity (Wildman–Crippen MR) is 132 cm³/mol. The lowest BCUT2D eigenvalue weighted by Gasteiger charge is -2.27. The molecule has 2 heterocycles. The van der Waals surface area contributed by atoms with Gasteiger partial charge in [0.15, 0.2) is 0 Å². The van der Waals surface area contributed by atoms with Gasteiger partial charge in [0.05, 0.1) is 18.7 Å². The Kier molecular flexibility index (Phi) is 5.21. The van der Waals surface area contributed by atoms with Crippen molar-refractivity contribution in [2.45, 2.75) is 19.9 Å². The second kappa shape index (κ2) is 8.23. The number of carbonyl (C=O) groups excluding carboxylic acids is 2. The molecule has 0 bridgehead atoms. The standard InChI is InChI=1S/C28H24N2O4/c1-16-8-13-23(17(2)14-16)30-25(18-9-11-19(34-3)12-10-18)24(27(32)28(30)33)26(31)21-15-29-22-7-5-4-6-20(21)22/h4-15,25,29,31H,1-3H3/b26-24-. The van der Waals surface area contributed by atoms with Crippen LogP contribution in [-0.4, -0.2) is 28.9 Å². The number of hydrogen-bond donors (Lipinski definition) is 2. The average molecular weight is 453 g/mol. The lowest BCUT2D eigenvalue weighted by Crippen LogP contribution is -2.30. The van der Waals surface area contributed by atoms with Crippen LogP contribution in [0.2, 0.25) is 0 Å². The number of amides is 1. The normalized spacial score (nSPS) is 17.5. The summed E-state index contributed by atoms with van der Waals surface area (Å²) in [5.41, 5.74) is 4.61. The van der Waals surface area contributed by atoms with Gasteiger partial charge in [-0.25, -0.2) is 0 Å². The van der Waals surface area contributed by atoms with Gasteiger partial charge in [0.1, 0.15) is 11.5 Å². The number of ether oxygens (including phenoxy) is 1. The van der Waals surface area contributed by atoms with E-state index >= 15 is 0 Å². The average Bonchev–Trinajstić information content (AvgIpc) is 3.38. The lowest BCUT2D eigenvalue weighted by atomic mass is 9.94. The Hall–Kier alpha value is -4.32. The van der Waals surface area contributed by atoms with Crippen LogP contribution in [0.15, 0.2) is 78.5 Å². The molecule has 1 atom stereocenters. The molecule has 1 unspecified atom stereocenters. The first-order valence-electron chi connectivity index (χ1n) is 11.0. The third kappa shape index (κ3) is 3.35. The van der Waals surface area contributed by atoms with Gasteiger partial charge in [-0.15, -0.1) is 0 Å². The maximum Gasteiger partial charge on any atom is 0.300 e. The Morgan fingerprint density at radius 3 is 2.44 bits per heavy atom. The predicted octanol–water partition coefficient (Wildman–Crippen LogP) is 5.42. The van der Waals surface area contributed by atoms with Crippen LogP contribution >= 0.6 is 0 Å². The number of carbonyl (C=O) groups is 2. The first kappa shape index (κ1) is 21.5. The highest BCUT2D eigenvalue weighted by Gasteiger charge is 2.47. The van der Waals surface area contributed by atoms with Crippen molar-refractivity contribution in [2.24, 2.45) is 0 Å². The molecule has 0 spiro atoms. The Morgan fingerprint density at radius 2 is 1.74 bits per heavy atom. The molecule has 6 heteroatoms. The minimum Gasteiger partial charge on any atom is -0.507 e. The minimum absolute atomic E-state index is 0.0555. The number of nitrogens with zero attached hydrogens (tertiary/aromatic N) is 1. The van der Waals surface area contributed by atoms with Crippen molar-refractivity contribution in [3.05, 3.63) is 101 Å². The molecule has 5 rings (SSSR count). The zero-order valence-electron chi connectivity index (χ0n) is 19.1. The van der Waals surface area contributed by atoms with Crippen molar-refractivity contribution in [3.8, 4) is 5.75 Å². The topological polar surface area (TPSA) is 82.6 Å². The Bertz CT molecular complexity index is 1460. The molecule has 1 fully saturated rings. The highest BCUT2D eigenvalue weighted by atomic mass is 16.5. The number of methoxy groups -OCH3 is 1. The summed E-state index contributed by atoms with van der Waals surface area (Å²) in [5.74, 6) is -0.939. The molecule has 1 amide bonds. The summed E-state index contributed by atoms with van der Waals surface area (Å²) < 4.78 is 5.29. The van der Waals surface area contributed by atoms with Crippen LogP contribution in [0.5, 0.6) is 5.75 Å². The summed E-state index contributed by atoms with van der Waals surface area (Å²) in [4.78, 5) is 31.4. The number of Topliss-reactive ketones (excluding diaryl/α,β-unsaturated/α-hetero) is 1. The van der Waals surface area contributed by atoms with E-state index in [9.17, 15) is 14.7 Å². The number of hydrogen-bond acceptors (Lipinski definition) is 4. The lowest BCUT2D eigenvalue weighted by molar-refractivity contribution is -0.132. The van der Waals surface area contributed by atoms with Gasteiger partial charge >= 0.3 is 0 Å². The number of H-pyrrole nitrogens is 1. The SMILES string of the molecule is COc1ccc(C2/C(=C(/O)c3c[nH]c4ccccc34)C(=O)C(=O)N2c2ccc(C)cc2C)cc1. The molecule has 0 saturated carbocycles. The number of aromatic nitrogens is 1. The summed E-state index contributed by atoms with van der Waals surface area (Å²) in [7, 11) is 1.58. The molecule has 34 heavy (non-hydrogen) atoms. The molecular formula is C28H24N2O4. The zero-order chi connectivity index (χ0) is 24.0. The summed E-state index contributed by atoms with van der Waals surface area (Å²) in [6, 6.07) is 19.6. The highest BCUT2D eigenvalue weighted by Crippen LogP contribution is 2.44. The van der Waals surface area contributed by atoms with Crippen LogP contribution in [0.3, 0.4) is 0 Å². The number of fused-ring (bicyclic) bond motifs is 1. The van der Waals surface area contributed by atoms with Gasteiger partial charge in [-0.05, 0) is 49.2 Å². The van der Waals surface area contributed by atoms with Crippen LogP contribution in [-0.2, 0) is 9.59 Å². The van der Waals surface area contributed by atoms with E-state index in [2.05, 4.69) is 4.98 Å². The van der Waals surface area contributed by atoms with E-state index in [4.69, 9.17) is 4.74 Å². The first-order valence-corrected chi connectivity index (χ1v) is 11.0. The monoisotopic (exact) mass is 452 g/mol. The number of aryl methyl sites for hydroxylation is 2. The second-order valence-electron chi connectivity index (χ2n) is 8.48. The molecular weight excluding hydrogens is 428 g/mol. The summed E-state index contributed by atoms with van der Waals surface area (Å²) in [6.07, 6.45) is 1.66. The number of rotatable bonds is 4. The van der Waals surface area contributed by atoms with E-state index in [0.29, 0.717) is 22.6 Å². The fourth-order valence-corrected chi connectivity index (χ4v) is 4.67. The molecule has 2 N–H and O–H groups in total. The Balaban J connectivity index is 1.76. The van der Waals surface area contributed by atoms with E-state index in [1.807, 2.05) is 68.4 Å². The largest absolute Gasteiger partial charge is 0.507 e. The van der Waals surface area contributed by atoms with Crippen molar-refractivity contribution >= 4 is 34.0 Å². The Labute approximate surface area is 197 Å². The molecule has 3 aromatic carbocycles. The molecule has 1 aromatic heterocycles. The fourth-order valence-electron chi connectivity index (χ4n) is 4.67. The maximum atomic E-state index is 13.4. The third-order valence-corrected chi connectivity index (χ3v) is 6.33. The minimum atomic E-state index is -0.791. The van der Waals surface area contributed by atoms with Crippen LogP contribution in [0.1, 0.15) is 28.3 Å². The zero-order valence-corrected chi connectivity index (χ0v) is 19.1. The number of anilines is 1. The number of aliphatic hydroxyl groups is 1. The van der Waals surface area contributed by atoms with Gasteiger partial charge in [-0.3, -0.25) is 14.5 Å². The third-order valence-electron chi connectivity index (χ3n) is 6.33. The molecule has 1 saturated heterocycles. The first-order chi connectivity index (χ1) is 16.4. The molecule has 1 aliphatic heterocycles. The van der Waals surface area contributed by atoms with E-state index < -0.39 is 17.7 Å². The molecule has 0 radical (unpaired) electrons. The van der Waals surface area contributed by atoms with Gasteiger partial charge in [0.2, 0.25) is 0 Å². The molecule has 4 aromatic rings.